The average molecular weight is 279 g/mol. The number of aliphatic hydroxyl groups is 1. The molecule has 2 atom stereocenters. The van der Waals surface area contributed by atoms with Crippen LogP contribution in [0.15, 0.2) is 24.3 Å². The van der Waals surface area contributed by atoms with Gasteiger partial charge in [0, 0.05) is 13.7 Å². The molecule has 2 N–H and O–H groups in total. The fourth-order valence-electron chi connectivity index (χ4n) is 2.28. The van der Waals surface area contributed by atoms with E-state index in [1.807, 2.05) is 24.3 Å². The van der Waals surface area contributed by atoms with Crippen molar-refractivity contribution < 1.29 is 19.4 Å². The van der Waals surface area contributed by atoms with E-state index < -0.39 is 6.10 Å². The Kier molecular flexibility index (Phi) is 5.38. The van der Waals surface area contributed by atoms with Crippen molar-refractivity contribution in [3.05, 3.63) is 29.8 Å². The molecule has 1 amide bonds. The maximum absolute atomic E-state index is 12.0. The highest BCUT2D eigenvalue weighted by atomic mass is 16.5. The van der Waals surface area contributed by atoms with Crippen molar-refractivity contribution in [3.63, 3.8) is 0 Å². The van der Waals surface area contributed by atoms with Gasteiger partial charge in [-0.2, -0.15) is 0 Å². The predicted molar refractivity (Wildman–Crippen MR) is 74.6 cm³/mol. The van der Waals surface area contributed by atoms with Crippen molar-refractivity contribution in [3.8, 4) is 5.75 Å². The van der Waals surface area contributed by atoms with Gasteiger partial charge in [-0.3, -0.25) is 4.79 Å². The molecule has 1 aliphatic heterocycles. The monoisotopic (exact) mass is 279 g/mol. The number of aliphatic hydroxyl groups excluding tert-OH is 1. The molecule has 5 heteroatoms. The topological polar surface area (TPSA) is 67.8 Å². The number of fused-ring (bicyclic) bond motifs is 1. The largest absolute Gasteiger partial charge is 0.492 e. The Morgan fingerprint density at radius 1 is 1.55 bits per heavy atom. The Balaban J connectivity index is 1.77. The Hall–Kier alpha value is -1.59. The SMILES string of the molecule is COCC(O)CCNC(=O)C1COc2ccccc2C1. The zero-order chi connectivity index (χ0) is 14.4. The summed E-state index contributed by atoms with van der Waals surface area (Å²) in [5.41, 5.74) is 1.07. The van der Waals surface area contributed by atoms with Gasteiger partial charge < -0.3 is 19.9 Å². The van der Waals surface area contributed by atoms with E-state index in [-0.39, 0.29) is 18.4 Å². The van der Waals surface area contributed by atoms with Gasteiger partial charge in [-0.05, 0) is 24.5 Å². The molecule has 0 aromatic heterocycles. The Morgan fingerprint density at radius 2 is 2.35 bits per heavy atom. The van der Waals surface area contributed by atoms with E-state index >= 15 is 0 Å². The first-order valence-electron chi connectivity index (χ1n) is 6.86. The van der Waals surface area contributed by atoms with E-state index in [1.54, 1.807) is 7.11 Å². The maximum Gasteiger partial charge on any atom is 0.226 e. The molecule has 5 nitrogen and oxygen atoms in total. The van der Waals surface area contributed by atoms with Gasteiger partial charge in [0.25, 0.3) is 0 Å². The Labute approximate surface area is 118 Å². The number of nitrogens with one attached hydrogen (secondary N) is 1. The van der Waals surface area contributed by atoms with Gasteiger partial charge in [-0.15, -0.1) is 0 Å². The van der Waals surface area contributed by atoms with Crippen LogP contribution in [0.1, 0.15) is 12.0 Å². The number of benzene rings is 1. The number of methoxy groups -OCH3 is 1. The lowest BCUT2D eigenvalue weighted by molar-refractivity contribution is -0.126. The van der Waals surface area contributed by atoms with Crippen molar-refractivity contribution >= 4 is 5.91 Å². The van der Waals surface area contributed by atoms with Crippen molar-refractivity contribution in [1.82, 2.24) is 5.32 Å². The Morgan fingerprint density at radius 3 is 3.15 bits per heavy atom. The normalized spacial score (nSPS) is 18.8. The number of carbonyl (C=O) groups excluding carboxylic acids is 1. The van der Waals surface area contributed by atoms with E-state index in [4.69, 9.17) is 9.47 Å². The first kappa shape index (κ1) is 14.8. The molecule has 2 unspecified atom stereocenters. The third-order valence-corrected chi connectivity index (χ3v) is 3.39. The van der Waals surface area contributed by atoms with Gasteiger partial charge in [0.05, 0.1) is 18.6 Å². The number of amides is 1. The molecule has 0 aliphatic carbocycles. The van der Waals surface area contributed by atoms with Crippen molar-refractivity contribution in [2.75, 3.05) is 26.9 Å². The van der Waals surface area contributed by atoms with Gasteiger partial charge in [0.15, 0.2) is 0 Å². The molecule has 0 radical (unpaired) electrons. The summed E-state index contributed by atoms with van der Waals surface area (Å²) >= 11 is 0. The zero-order valence-corrected chi connectivity index (χ0v) is 11.7. The number of ether oxygens (including phenoxy) is 2. The van der Waals surface area contributed by atoms with Crippen LogP contribution >= 0.6 is 0 Å². The van der Waals surface area contributed by atoms with E-state index in [0.717, 1.165) is 11.3 Å². The highest BCUT2D eigenvalue weighted by Crippen LogP contribution is 2.26. The van der Waals surface area contributed by atoms with Gasteiger partial charge in [0.1, 0.15) is 12.4 Å². The van der Waals surface area contributed by atoms with Crippen molar-refractivity contribution in [2.24, 2.45) is 5.92 Å². The Bertz CT molecular complexity index is 449. The molecule has 0 bridgehead atoms. The molecule has 0 saturated heterocycles. The molecule has 1 aromatic rings. The summed E-state index contributed by atoms with van der Waals surface area (Å²) in [6.45, 7) is 1.14. The second-order valence-electron chi connectivity index (χ2n) is 5.01. The van der Waals surface area contributed by atoms with E-state index in [9.17, 15) is 9.90 Å². The lowest BCUT2D eigenvalue weighted by Crippen LogP contribution is -2.38. The van der Waals surface area contributed by atoms with Gasteiger partial charge in [-0.25, -0.2) is 0 Å². The third kappa shape index (κ3) is 3.95. The zero-order valence-electron chi connectivity index (χ0n) is 11.7. The van der Waals surface area contributed by atoms with Crippen LogP contribution in [0.4, 0.5) is 0 Å². The summed E-state index contributed by atoms with van der Waals surface area (Å²) in [5.74, 6) is 0.681. The first-order chi connectivity index (χ1) is 9.70. The predicted octanol–water partition coefficient (Wildman–Crippen LogP) is 0.751. The lowest BCUT2D eigenvalue weighted by Gasteiger charge is -2.24. The summed E-state index contributed by atoms with van der Waals surface area (Å²) in [7, 11) is 1.54. The van der Waals surface area contributed by atoms with Crippen LogP contribution in [0.2, 0.25) is 0 Å². The number of carbonyl (C=O) groups is 1. The number of hydrogen-bond acceptors (Lipinski definition) is 4. The molecule has 1 aromatic carbocycles. The molecule has 20 heavy (non-hydrogen) atoms. The first-order valence-corrected chi connectivity index (χ1v) is 6.86. The number of rotatable bonds is 6. The van der Waals surface area contributed by atoms with Crippen LogP contribution < -0.4 is 10.1 Å². The van der Waals surface area contributed by atoms with Crippen LogP contribution in [0.3, 0.4) is 0 Å². The van der Waals surface area contributed by atoms with Crippen molar-refractivity contribution in [2.45, 2.75) is 18.9 Å². The molecule has 0 fully saturated rings. The molecule has 2 rings (SSSR count). The van der Waals surface area contributed by atoms with Crippen molar-refractivity contribution in [1.29, 1.82) is 0 Å². The van der Waals surface area contributed by atoms with Crippen LogP contribution in [0.5, 0.6) is 5.75 Å². The second-order valence-corrected chi connectivity index (χ2v) is 5.01. The average Bonchev–Trinajstić information content (AvgIpc) is 2.47. The summed E-state index contributed by atoms with van der Waals surface area (Å²) in [6, 6.07) is 7.78. The lowest BCUT2D eigenvalue weighted by atomic mass is 9.96. The molecule has 0 saturated carbocycles. The smallest absolute Gasteiger partial charge is 0.226 e. The van der Waals surface area contributed by atoms with E-state index in [0.29, 0.717) is 26.0 Å². The van der Waals surface area contributed by atoms with Crippen LogP contribution in [0.25, 0.3) is 0 Å². The maximum atomic E-state index is 12.0. The minimum absolute atomic E-state index is 0.0240. The standard InChI is InChI=1S/C15H21NO4/c1-19-10-13(17)6-7-16-15(18)12-8-11-4-2-3-5-14(11)20-9-12/h2-5,12-13,17H,6-10H2,1H3,(H,16,18). The fraction of sp³-hybridized carbons (Fsp3) is 0.533. The highest BCUT2D eigenvalue weighted by molar-refractivity contribution is 5.79. The van der Waals surface area contributed by atoms with Crippen LogP contribution in [-0.4, -0.2) is 44.0 Å². The highest BCUT2D eigenvalue weighted by Gasteiger charge is 2.25. The summed E-state index contributed by atoms with van der Waals surface area (Å²) < 4.78 is 10.4. The van der Waals surface area contributed by atoms with Gasteiger partial charge in [-0.1, -0.05) is 18.2 Å². The molecule has 0 spiro atoms. The summed E-state index contributed by atoms with van der Waals surface area (Å²) in [6.07, 6.45) is 0.649. The molecule has 110 valence electrons. The molecular weight excluding hydrogens is 258 g/mol. The molecule has 1 heterocycles. The van der Waals surface area contributed by atoms with E-state index in [1.165, 1.54) is 0 Å². The minimum atomic E-state index is -0.538. The summed E-state index contributed by atoms with van der Waals surface area (Å²) in [5, 5.41) is 12.3. The molecular formula is C15H21NO4. The van der Waals surface area contributed by atoms with Crippen LogP contribution in [-0.2, 0) is 16.0 Å². The molecule has 1 aliphatic rings. The van der Waals surface area contributed by atoms with Crippen LogP contribution in [0, 0.1) is 5.92 Å². The number of hydrogen-bond donors (Lipinski definition) is 2. The fourth-order valence-corrected chi connectivity index (χ4v) is 2.28. The van der Waals surface area contributed by atoms with Gasteiger partial charge in [0.2, 0.25) is 5.91 Å². The second kappa shape index (κ2) is 7.26. The quantitative estimate of drug-likeness (QED) is 0.806. The van der Waals surface area contributed by atoms with E-state index in [2.05, 4.69) is 5.32 Å². The number of para-hydroxylation sites is 1. The minimum Gasteiger partial charge on any atom is -0.492 e. The third-order valence-electron chi connectivity index (χ3n) is 3.39. The van der Waals surface area contributed by atoms with Gasteiger partial charge >= 0.3 is 0 Å². The summed E-state index contributed by atoms with van der Waals surface area (Å²) in [4.78, 5) is 12.0.